The van der Waals surface area contributed by atoms with Crippen molar-refractivity contribution in [2.75, 3.05) is 72.0 Å². The van der Waals surface area contributed by atoms with Crippen molar-refractivity contribution >= 4 is 23.9 Å². The summed E-state index contributed by atoms with van der Waals surface area (Å²) in [5.41, 5.74) is -0.258. The normalized spacial score (nSPS) is 19.8. The fourth-order valence-corrected chi connectivity index (χ4v) is 3.87. The lowest BCUT2D eigenvalue weighted by Gasteiger charge is -2.37. The van der Waals surface area contributed by atoms with Gasteiger partial charge in [0.15, 0.2) is 0 Å². The fraction of sp³-hybridized carbons (Fsp3) is 0.810. The third-order valence-corrected chi connectivity index (χ3v) is 5.48. The molecule has 0 aromatic rings. The second-order valence-electron chi connectivity index (χ2n) is 9.66. The largest absolute Gasteiger partial charge is 0.480 e. The Morgan fingerprint density at radius 1 is 0.636 bits per heavy atom. The van der Waals surface area contributed by atoms with Crippen molar-refractivity contribution < 1.29 is 39.6 Å². The van der Waals surface area contributed by atoms with Gasteiger partial charge in [-0.2, -0.15) is 0 Å². The second kappa shape index (κ2) is 13.4. The van der Waals surface area contributed by atoms with Crippen LogP contribution >= 0.6 is 0 Å². The molecule has 1 saturated heterocycles. The van der Waals surface area contributed by atoms with Gasteiger partial charge >= 0.3 is 23.9 Å². The molecule has 12 nitrogen and oxygen atoms in total. The van der Waals surface area contributed by atoms with Gasteiger partial charge in [0.2, 0.25) is 0 Å². The fourth-order valence-electron chi connectivity index (χ4n) is 3.87. The smallest absolute Gasteiger partial charge is 0.320 e. The van der Waals surface area contributed by atoms with E-state index in [1.165, 1.54) is 0 Å². The molecule has 0 radical (unpaired) electrons. The van der Waals surface area contributed by atoms with Gasteiger partial charge in [-0.15, -0.1) is 0 Å². The maximum Gasteiger partial charge on any atom is 0.320 e. The van der Waals surface area contributed by atoms with Gasteiger partial charge < -0.3 is 20.4 Å². The Balaban J connectivity index is 3.15. The van der Waals surface area contributed by atoms with Crippen LogP contribution in [-0.4, -0.2) is 142 Å². The molecule has 1 unspecified atom stereocenters. The van der Waals surface area contributed by atoms with Gasteiger partial charge in [0.05, 0.1) is 19.6 Å². The van der Waals surface area contributed by atoms with Crippen LogP contribution in [0.25, 0.3) is 0 Å². The van der Waals surface area contributed by atoms with E-state index in [4.69, 9.17) is 0 Å². The van der Waals surface area contributed by atoms with E-state index in [-0.39, 0.29) is 25.0 Å². The van der Waals surface area contributed by atoms with Gasteiger partial charge in [-0.05, 0) is 11.8 Å². The van der Waals surface area contributed by atoms with E-state index in [1.54, 1.807) is 19.6 Å². The molecule has 1 rings (SSSR count). The number of aliphatic carboxylic acids is 4. The molecule has 0 aromatic heterocycles. The molecule has 1 aliphatic rings. The van der Waals surface area contributed by atoms with Gasteiger partial charge in [0, 0.05) is 52.4 Å². The number of nitrogens with zero attached hydrogens (tertiary/aromatic N) is 4. The first kappa shape index (κ1) is 28.8. The van der Waals surface area contributed by atoms with Gasteiger partial charge in [0.25, 0.3) is 0 Å². The summed E-state index contributed by atoms with van der Waals surface area (Å²) in [5.74, 6) is -4.03. The molecule has 0 bridgehead atoms. The Kier molecular flexibility index (Phi) is 11.7. The van der Waals surface area contributed by atoms with Gasteiger partial charge in [-0.3, -0.25) is 38.8 Å². The number of hydrogen-bond acceptors (Lipinski definition) is 8. The molecule has 4 N–H and O–H groups in total. The molecule has 1 atom stereocenters. The zero-order valence-electron chi connectivity index (χ0n) is 19.8. The van der Waals surface area contributed by atoms with Crippen molar-refractivity contribution in [3.05, 3.63) is 0 Å². The van der Waals surface area contributed by atoms with Gasteiger partial charge in [0.1, 0.15) is 6.04 Å². The summed E-state index contributed by atoms with van der Waals surface area (Å²) in [6.45, 7) is 7.48. The van der Waals surface area contributed by atoms with E-state index >= 15 is 0 Å². The Morgan fingerprint density at radius 3 is 1.18 bits per heavy atom. The Hall–Kier alpha value is -2.28. The van der Waals surface area contributed by atoms with Crippen LogP contribution in [0.3, 0.4) is 0 Å². The highest BCUT2D eigenvalue weighted by Gasteiger charge is 2.31. The minimum absolute atomic E-state index is 0.235. The molecule has 0 aromatic carbocycles. The lowest BCUT2D eigenvalue weighted by atomic mass is 9.87. The van der Waals surface area contributed by atoms with E-state index < -0.39 is 29.9 Å². The average molecular weight is 475 g/mol. The quantitative estimate of drug-likeness (QED) is 0.335. The summed E-state index contributed by atoms with van der Waals surface area (Å²) < 4.78 is 0. The zero-order valence-corrected chi connectivity index (χ0v) is 19.8. The minimum atomic E-state index is -1.02. The number of rotatable bonds is 9. The Bertz CT molecular complexity index is 650. The van der Waals surface area contributed by atoms with E-state index in [1.807, 2.05) is 20.8 Å². The average Bonchev–Trinajstić information content (AvgIpc) is 2.64. The topological polar surface area (TPSA) is 162 Å². The van der Waals surface area contributed by atoms with Crippen molar-refractivity contribution in [3.63, 3.8) is 0 Å². The minimum Gasteiger partial charge on any atom is -0.480 e. The molecular formula is C21H38N4O8. The van der Waals surface area contributed by atoms with Crippen molar-refractivity contribution in [2.45, 2.75) is 33.2 Å². The highest BCUT2D eigenvalue weighted by atomic mass is 16.4. The van der Waals surface area contributed by atoms with E-state index in [0.717, 1.165) is 0 Å². The molecule has 0 spiro atoms. The molecular weight excluding hydrogens is 436 g/mol. The van der Waals surface area contributed by atoms with Crippen LogP contribution in [-0.2, 0) is 19.2 Å². The van der Waals surface area contributed by atoms with E-state index in [0.29, 0.717) is 58.8 Å². The molecule has 33 heavy (non-hydrogen) atoms. The van der Waals surface area contributed by atoms with Gasteiger partial charge in [-0.25, -0.2) is 0 Å². The first-order chi connectivity index (χ1) is 15.3. The number of carboxylic acid groups (broad SMARTS) is 4. The molecule has 1 heterocycles. The van der Waals surface area contributed by atoms with Crippen molar-refractivity contribution in [2.24, 2.45) is 5.41 Å². The lowest BCUT2D eigenvalue weighted by Crippen LogP contribution is -2.52. The summed E-state index contributed by atoms with van der Waals surface area (Å²) >= 11 is 0. The summed E-state index contributed by atoms with van der Waals surface area (Å²) in [6.07, 6.45) is 0.382. The maximum absolute atomic E-state index is 12.1. The van der Waals surface area contributed by atoms with Crippen LogP contribution in [0.2, 0.25) is 0 Å². The third kappa shape index (κ3) is 12.5. The molecule has 12 heteroatoms. The molecule has 190 valence electrons. The van der Waals surface area contributed by atoms with Crippen LogP contribution in [0.4, 0.5) is 0 Å². The van der Waals surface area contributed by atoms with Crippen LogP contribution < -0.4 is 0 Å². The summed E-state index contributed by atoms with van der Waals surface area (Å²) in [4.78, 5) is 52.8. The molecule has 0 aliphatic carbocycles. The SMILES string of the molecule is CC(C)(C)CC(C(=O)O)N1CCN(CC(=O)O)CCN(CC(=O)O)CCN(CC(=O)O)CC1. The number of carboxylic acids is 4. The lowest BCUT2D eigenvalue weighted by molar-refractivity contribution is -0.146. The summed E-state index contributed by atoms with van der Waals surface area (Å²) in [7, 11) is 0. The summed E-state index contributed by atoms with van der Waals surface area (Å²) in [5, 5.41) is 37.7. The number of hydrogen-bond donors (Lipinski definition) is 4. The van der Waals surface area contributed by atoms with E-state index in [9.17, 15) is 39.6 Å². The van der Waals surface area contributed by atoms with Crippen molar-refractivity contribution in [3.8, 4) is 0 Å². The molecule has 1 fully saturated rings. The zero-order chi connectivity index (χ0) is 25.2. The van der Waals surface area contributed by atoms with E-state index in [2.05, 4.69) is 0 Å². The predicted octanol–water partition coefficient (Wildman–Crippen LogP) is -0.649. The molecule has 1 aliphatic heterocycles. The second-order valence-corrected chi connectivity index (χ2v) is 9.66. The molecule has 0 saturated carbocycles. The molecule has 0 amide bonds. The van der Waals surface area contributed by atoms with Gasteiger partial charge in [-0.1, -0.05) is 20.8 Å². The Morgan fingerprint density at radius 2 is 0.939 bits per heavy atom. The standard InChI is InChI=1S/C21H38N4O8/c1-21(2,3)12-16(20(32)33)25-10-8-23(14-18(28)29)6-4-22(13-17(26)27)5-7-24(9-11-25)15-19(30)31/h16H,4-15H2,1-3H3,(H,26,27)(H,28,29)(H,30,31)(H,32,33). The van der Waals surface area contributed by atoms with Crippen LogP contribution in [0, 0.1) is 5.41 Å². The van der Waals surface area contributed by atoms with Crippen molar-refractivity contribution in [1.82, 2.24) is 19.6 Å². The van der Waals surface area contributed by atoms with Crippen LogP contribution in [0.1, 0.15) is 27.2 Å². The third-order valence-electron chi connectivity index (χ3n) is 5.48. The first-order valence-electron chi connectivity index (χ1n) is 11.1. The van der Waals surface area contributed by atoms with Crippen molar-refractivity contribution in [1.29, 1.82) is 0 Å². The highest BCUT2D eigenvalue weighted by Crippen LogP contribution is 2.24. The van der Waals surface area contributed by atoms with Crippen LogP contribution in [0.15, 0.2) is 0 Å². The summed E-state index contributed by atoms with van der Waals surface area (Å²) in [6, 6.07) is -0.796. The monoisotopic (exact) mass is 474 g/mol. The maximum atomic E-state index is 12.1. The first-order valence-corrected chi connectivity index (χ1v) is 11.1. The Labute approximate surface area is 194 Å². The van der Waals surface area contributed by atoms with Crippen LogP contribution in [0.5, 0.6) is 0 Å². The number of carbonyl (C=O) groups is 4. The highest BCUT2D eigenvalue weighted by molar-refractivity contribution is 5.73. The predicted molar refractivity (Wildman–Crippen MR) is 119 cm³/mol.